The van der Waals surface area contributed by atoms with Crippen molar-refractivity contribution < 1.29 is 35.9 Å². The van der Waals surface area contributed by atoms with E-state index in [4.69, 9.17) is 4.74 Å². The monoisotopic (exact) mass is 471 g/mol. The van der Waals surface area contributed by atoms with E-state index in [2.05, 4.69) is 10.0 Å². The summed E-state index contributed by atoms with van der Waals surface area (Å²) in [5.74, 6) is -1.74. The Morgan fingerprint density at radius 3 is 2.41 bits per heavy atom. The number of carbonyl (C=O) groups excluding carboxylic acids is 2. The Kier molecular flexibility index (Phi) is 6.74. The lowest BCUT2D eigenvalue weighted by molar-refractivity contribution is -0.123. The molecule has 3 N–H and O–H groups in total. The van der Waals surface area contributed by atoms with Gasteiger partial charge in [0.2, 0.25) is 10.0 Å². The summed E-state index contributed by atoms with van der Waals surface area (Å²) in [6, 6.07) is 9.13. The van der Waals surface area contributed by atoms with Crippen LogP contribution in [0.25, 0.3) is 0 Å². The summed E-state index contributed by atoms with van der Waals surface area (Å²) >= 11 is 0. The second-order valence-electron chi connectivity index (χ2n) is 7.06. The van der Waals surface area contributed by atoms with Crippen LogP contribution in [0.3, 0.4) is 0 Å². The summed E-state index contributed by atoms with van der Waals surface area (Å²) in [5, 5.41) is 4.18. The van der Waals surface area contributed by atoms with Gasteiger partial charge < -0.3 is 15.4 Å². The number of para-hydroxylation sites is 1. The molecule has 1 fully saturated rings. The molecule has 0 bridgehead atoms. The van der Waals surface area contributed by atoms with Crippen molar-refractivity contribution in [2.24, 2.45) is 0 Å². The van der Waals surface area contributed by atoms with E-state index < -0.39 is 34.6 Å². The zero-order valence-corrected chi connectivity index (χ0v) is 17.6. The van der Waals surface area contributed by atoms with Gasteiger partial charge in [0.15, 0.2) is 0 Å². The molecule has 2 amide bonds. The number of carbonyl (C=O) groups is 2. The highest BCUT2D eigenvalue weighted by Crippen LogP contribution is 2.29. The number of ether oxygens (including phenoxy) is 1. The lowest BCUT2D eigenvalue weighted by Gasteiger charge is -2.14. The Bertz CT molecular complexity index is 1130. The van der Waals surface area contributed by atoms with Gasteiger partial charge in [-0.05, 0) is 43.2 Å². The minimum absolute atomic E-state index is 0.0338. The van der Waals surface area contributed by atoms with E-state index in [0.717, 1.165) is 18.9 Å². The van der Waals surface area contributed by atoms with Crippen molar-refractivity contribution in [3.8, 4) is 5.75 Å². The van der Waals surface area contributed by atoms with Crippen LogP contribution in [0.15, 0.2) is 47.4 Å². The number of alkyl halides is 3. The summed E-state index contributed by atoms with van der Waals surface area (Å²) in [7, 11) is -2.64. The van der Waals surface area contributed by atoms with E-state index >= 15 is 0 Å². The molecule has 0 heterocycles. The molecule has 8 nitrogen and oxygen atoms in total. The molecule has 0 radical (unpaired) electrons. The van der Waals surface area contributed by atoms with Gasteiger partial charge in [-0.2, -0.15) is 13.2 Å². The van der Waals surface area contributed by atoms with Crippen LogP contribution >= 0.6 is 0 Å². The Morgan fingerprint density at radius 2 is 1.78 bits per heavy atom. The normalized spacial score (nSPS) is 14.0. The number of nitrogens with one attached hydrogen (secondary N) is 3. The number of halogens is 3. The highest BCUT2D eigenvalue weighted by Gasteiger charge is 2.31. The lowest BCUT2D eigenvalue weighted by Crippen LogP contribution is -2.34. The third-order valence-electron chi connectivity index (χ3n) is 4.48. The number of methoxy groups -OCH3 is 1. The molecule has 0 aromatic heterocycles. The van der Waals surface area contributed by atoms with Crippen molar-refractivity contribution in [2.75, 3.05) is 19.0 Å². The first-order chi connectivity index (χ1) is 15.0. The summed E-state index contributed by atoms with van der Waals surface area (Å²) in [6.07, 6.45) is -3.16. The predicted octanol–water partition coefficient (Wildman–Crippen LogP) is 2.68. The Balaban J connectivity index is 1.83. The van der Waals surface area contributed by atoms with Gasteiger partial charge in [0.1, 0.15) is 17.2 Å². The average Bonchev–Trinajstić information content (AvgIpc) is 3.54. The molecule has 0 unspecified atom stereocenters. The molecule has 32 heavy (non-hydrogen) atoms. The molecule has 0 spiro atoms. The topological polar surface area (TPSA) is 114 Å². The van der Waals surface area contributed by atoms with Crippen LogP contribution in [0.2, 0.25) is 0 Å². The van der Waals surface area contributed by atoms with Crippen LogP contribution in [-0.4, -0.2) is 46.1 Å². The third-order valence-corrected chi connectivity index (χ3v) is 6.03. The fourth-order valence-corrected chi connectivity index (χ4v) is 4.27. The molecular formula is C20H20F3N3O5S. The average molecular weight is 471 g/mol. The first-order valence-corrected chi connectivity index (χ1v) is 10.9. The summed E-state index contributed by atoms with van der Waals surface area (Å²) < 4.78 is 70.0. The quantitative estimate of drug-likeness (QED) is 0.548. The molecule has 0 atom stereocenters. The van der Waals surface area contributed by atoms with Gasteiger partial charge >= 0.3 is 6.18 Å². The Hall–Kier alpha value is -3.12. The van der Waals surface area contributed by atoms with Crippen molar-refractivity contribution in [2.45, 2.75) is 30.0 Å². The number of sulfonamides is 1. The number of hydrogen-bond acceptors (Lipinski definition) is 5. The second kappa shape index (κ2) is 9.17. The third kappa shape index (κ3) is 5.98. The fourth-order valence-electron chi connectivity index (χ4n) is 2.77. The predicted molar refractivity (Wildman–Crippen MR) is 109 cm³/mol. The van der Waals surface area contributed by atoms with Crippen LogP contribution in [0.4, 0.5) is 18.9 Å². The molecule has 0 aliphatic heterocycles. The summed E-state index contributed by atoms with van der Waals surface area (Å²) in [4.78, 5) is 24.7. The smallest absolute Gasteiger partial charge is 0.405 e. The molecule has 3 rings (SSSR count). The minimum Gasteiger partial charge on any atom is -0.495 e. The van der Waals surface area contributed by atoms with Crippen molar-refractivity contribution in [1.29, 1.82) is 0 Å². The van der Waals surface area contributed by atoms with Gasteiger partial charge in [-0.25, -0.2) is 13.1 Å². The van der Waals surface area contributed by atoms with Crippen molar-refractivity contribution in [3.05, 3.63) is 53.6 Å². The van der Waals surface area contributed by atoms with Crippen LogP contribution in [0, 0.1) is 0 Å². The molecule has 172 valence electrons. The molecule has 2 aromatic rings. The number of rotatable bonds is 8. The molecule has 0 saturated heterocycles. The summed E-state index contributed by atoms with van der Waals surface area (Å²) in [5.41, 5.74) is -0.261. The summed E-state index contributed by atoms with van der Waals surface area (Å²) in [6.45, 7) is -1.53. The molecule has 2 aromatic carbocycles. The number of anilines is 1. The first kappa shape index (κ1) is 23.5. The first-order valence-electron chi connectivity index (χ1n) is 9.46. The maximum atomic E-state index is 12.7. The maximum Gasteiger partial charge on any atom is 0.405 e. The Labute approximate surface area is 182 Å². The zero-order valence-electron chi connectivity index (χ0n) is 16.8. The SMILES string of the molecule is COc1ccc(C(=O)Nc2ccccc2C(=O)NCC(F)(F)F)cc1S(=O)(=O)NC1CC1. The van der Waals surface area contributed by atoms with Crippen molar-refractivity contribution in [3.63, 3.8) is 0 Å². The molecule has 1 aliphatic carbocycles. The Morgan fingerprint density at radius 1 is 1.09 bits per heavy atom. The van der Waals surface area contributed by atoms with Gasteiger partial charge in [-0.1, -0.05) is 12.1 Å². The van der Waals surface area contributed by atoms with Crippen LogP contribution in [0.5, 0.6) is 5.75 Å². The molecule has 1 saturated carbocycles. The van der Waals surface area contributed by atoms with Gasteiger partial charge in [-0.3, -0.25) is 9.59 Å². The number of hydrogen-bond donors (Lipinski definition) is 3. The fraction of sp³-hybridized carbons (Fsp3) is 0.300. The van der Waals surface area contributed by atoms with E-state index in [-0.39, 0.29) is 33.5 Å². The van der Waals surface area contributed by atoms with E-state index in [1.54, 1.807) is 5.32 Å². The maximum absolute atomic E-state index is 12.7. The van der Waals surface area contributed by atoms with Crippen LogP contribution in [-0.2, 0) is 10.0 Å². The minimum atomic E-state index is -4.59. The largest absolute Gasteiger partial charge is 0.495 e. The molecule has 1 aliphatic rings. The van der Waals surface area contributed by atoms with Crippen LogP contribution in [0.1, 0.15) is 33.6 Å². The molecular weight excluding hydrogens is 451 g/mol. The van der Waals surface area contributed by atoms with Crippen LogP contribution < -0.4 is 20.1 Å². The van der Waals surface area contributed by atoms with Gasteiger partial charge in [0.05, 0.1) is 18.4 Å². The standard InChI is InChI=1S/C20H20F3N3O5S/c1-31-16-9-6-12(10-17(16)32(29,30)26-13-7-8-13)18(27)25-15-5-3-2-4-14(15)19(28)24-11-20(21,22)23/h2-6,9-10,13,26H,7-8,11H2,1H3,(H,24,28)(H,25,27). The van der Waals surface area contributed by atoms with E-state index in [1.807, 2.05) is 0 Å². The second-order valence-corrected chi connectivity index (χ2v) is 8.74. The van der Waals surface area contributed by atoms with Gasteiger partial charge in [0, 0.05) is 11.6 Å². The number of benzene rings is 2. The lowest BCUT2D eigenvalue weighted by atomic mass is 10.1. The van der Waals surface area contributed by atoms with Gasteiger partial charge in [-0.15, -0.1) is 0 Å². The van der Waals surface area contributed by atoms with E-state index in [9.17, 15) is 31.2 Å². The van der Waals surface area contributed by atoms with Gasteiger partial charge in [0.25, 0.3) is 11.8 Å². The zero-order chi connectivity index (χ0) is 23.5. The highest BCUT2D eigenvalue weighted by molar-refractivity contribution is 7.89. The van der Waals surface area contributed by atoms with E-state index in [1.165, 1.54) is 43.5 Å². The number of amides is 2. The van der Waals surface area contributed by atoms with E-state index in [0.29, 0.717) is 0 Å². The van der Waals surface area contributed by atoms with Crippen molar-refractivity contribution in [1.82, 2.24) is 10.0 Å². The highest BCUT2D eigenvalue weighted by atomic mass is 32.2. The van der Waals surface area contributed by atoms with Crippen molar-refractivity contribution >= 4 is 27.5 Å². The molecule has 12 heteroatoms.